The Labute approximate surface area is 379 Å². The third-order valence-electron chi connectivity index (χ3n) is 10.7. The van der Waals surface area contributed by atoms with Crippen molar-refractivity contribution in [2.75, 3.05) is 101 Å². The molecule has 1 unspecified atom stereocenters. The number of imide groups is 2. The van der Waals surface area contributed by atoms with E-state index in [4.69, 9.17) is 35.2 Å². The molecule has 2 aliphatic rings. The topological polar surface area (TPSA) is 278 Å². The van der Waals surface area contributed by atoms with Crippen molar-refractivity contribution in [1.82, 2.24) is 25.5 Å². The predicted molar refractivity (Wildman–Crippen MR) is 240 cm³/mol. The van der Waals surface area contributed by atoms with E-state index in [0.717, 1.165) is 4.90 Å². The van der Waals surface area contributed by atoms with E-state index < -0.39 is 35.5 Å². The minimum Gasteiger partial charge on any atom is -0.397 e. The zero-order chi connectivity index (χ0) is 47.0. The number of nitrogen functional groups attached to an aromatic ring is 2. The highest BCUT2D eigenvalue weighted by molar-refractivity contribution is 6.25. The zero-order valence-electron chi connectivity index (χ0n) is 36.6. The molecule has 8 N–H and O–H groups in total. The fourth-order valence-electron chi connectivity index (χ4n) is 7.24. The van der Waals surface area contributed by atoms with Gasteiger partial charge < -0.3 is 51.1 Å². The van der Waals surface area contributed by atoms with Gasteiger partial charge in [0.15, 0.2) is 5.82 Å². The number of hydrogen-bond acceptors (Lipinski definition) is 16. The number of amides is 6. The van der Waals surface area contributed by atoms with E-state index in [9.17, 15) is 28.8 Å². The first-order valence-corrected chi connectivity index (χ1v) is 21.6. The number of nitrogens with one attached hydrogen (secondary N) is 4. The molecule has 66 heavy (non-hydrogen) atoms. The van der Waals surface area contributed by atoms with Crippen LogP contribution in [0.3, 0.4) is 0 Å². The van der Waals surface area contributed by atoms with E-state index in [-0.39, 0.29) is 65.7 Å². The molecule has 0 radical (unpaired) electrons. The predicted octanol–water partition coefficient (Wildman–Crippen LogP) is 2.73. The Morgan fingerprint density at radius 2 is 1.45 bits per heavy atom. The number of nitrogens with zero attached hydrogens (tertiary/aromatic N) is 3. The first-order valence-electron chi connectivity index (χ1n) is 21.6. The third kappa shape index (κ3) is 12.8. The Morgan fingerprint density at radius 1 is 0.803 bits per heavy atom. The van der Waals surface area contributed by atoms with Crippen molar-refractivity contribution in [2.45, 2.75) is 45.1 Å². The van der Waals surface area contributed by atoms with Gasteiger partial charge in [0.05, 0.1) is 94.8 Å². The summed E-state index contributed by atoms with van der Waals surface area (Å²) in [6, 6.07) is 7.06. The largest absolute Gasteiger partial charge is 0.397 e. The molecule has 0 spiro atoms. The van der Waals surface area contributed by atoms with Crippen LogP contribution in [0.5, 0.6) is 0 Å². The Bertz CT molecular complexity index is 2420. The van der Waals surface area contributed by atoms with Gasteiger partial charge in [-0.05, 0) is 55.0 Å². The molecule has 0 bridgehead atoms. The minimum absolute atomic E-state index is 0.0493. The van der Waals surface area contributed by atoms with E-state index in [2.05, 4.69) is 31.2 Å². The van der Waals surface area contributed by atoms with Crippen LogP contribution < -0.4 is 32.7 Å². The molecule has 2 aromatic carbocycles. The molecule has 1 atom stereocenters. The molecule has 21 heteroatoms. The van der Waals surface area contributed by atoms with Gasteiger partial charge in [-0.15, -0.1) is 0 Å². The van der Waals surface area contributed by atoms with Gasteiger partial charge in [-0.25, -0.2) is 9.37 Å². The summed E-state index contributed by atoms with van der Waals surface area (Å²) in [6.07, 6.45) is 5.10. The lowest BCUT2D eigenvalue weighted by Gasteiger charge is -2.27. The number of ether oxygens (including phenoxy) is 5. The summed E-state index contributed by atoms with van der Waals surface area (Å²) in [5.41, 5.74) is 14.7. The maximum atomic E-state index is 15.2. The quantitative estimate of drug-likeness (QED) is 0.0300. The molecular formula is C45H54FN9O11. The summed E-state index contributed by atoms with van der Waals surface area (Å²) in [5, 5.41) is 11.8. The van der Waals surface area contributed by atoms with Crippen molar-refractivity contribution in [2.24, 2.45) is 0 Å². The van der Waals surface area contributed by atoms with Crippen LogP contribution in [-0.2, 0) is 42.9 Å². The maximum Gasteiger partial charge on any atom is 0.264 e. The van der Waals surface area contributed by atoms with Crippen LogP contribution in [0.2, 0.25) is 0 Å². The van der Waals surface area contributed by atoms with Crippen LogP contribution in [-0.4, -0.2) is 136 Å². The number of benzene rings is 2. The number of nitrogens with two attached hydrogens (primary N) is 2. The van der Waals surface area contributed by atoms with Crippen LogP contribution in [0.4, 0.5) is 27.3 Å². The lowest BCUT2D eigenvalue weighted by molar-refractivity contribution is -0.136. The van der Waals surface area contributed by atoms with Crippen LogP contribution in [0, 0.1) is 12.7 Å². The van der Waals surface area contributed by atoms with Gasteiger partial charge in [0.1, 0.15) is 11.9 Å². The summed E-state index contributed by atoms with van der Waals surface area (Å²) in [6.45, 7) is 5.92. The second-order valence-corrected chi connectivity index (χ2v) is 15.3. The van der Waals surface area contributed by atoms with E-state index >= 15 is 4.39 Å². The van der Waals surface area contributed by atoms with Gasteiger partial charge in [-0.1, -0.05) is 6.07 Å². The van der Waals surface area contributed by atoms with E-state index in [1.54, 1.807) is 31.2 Å². The molecule has 1 fully saturated rings. The van der Waals surface area contributed by atoms with Crippen molar-refractivity contribution < 1.29 is 56.8 Å². The van der Waals surface area contributed by atoms with E-state index in [0.29, 0.717) is 119 Å². The maximum absolute atomic E-state index is 15.2. The van der Waals surface area contributed by atoms with E-state index in [1.165, 1.54) is 24.7 Å². The summed E-state index contributed by atoms with van der Waals surface area (Å²) in [4.78, 5) is 84.1. The first-order chi connectivity index (χ1) is 31.9. The van der Waals surface area contributed by atoms with Crippen molar-refractivity contribution in [3.63, 3.8) is 0 Å². The lowest BCUT2D eigenvalue weighted by atomic mass is 9.97. The number of carbonyl (C=O) groups is 6. The highest BCUT2D eigenvalue weighted by Gasteiger charge is 2.45. The van der Waals surface area contributed by atoms with Gasteiger partial charge in [0, 0.05) is 66.9 Å². The molecule has 4 heterocycles. The summed E-state index contributed by atoms with van der Waals surface area (Å²) in [5.74, 6) is -3.12. The van der Waals surface area contributed by atoms with Crippen molar-refractivity contribution in [3.8, 4) is 11.1 Å². The van der Waals surface area contributed by atoms with E-state index in [1.807, 2.05) is 0 Å². The Morgan fingerprint density at radius 3 is 2.14 bits per heavy atom. The van der Waals surface area contributed by atoms with Gasteiger partial charge in [0.25, 0.3) is 11.8 Å². The average Bonchev–Trinajstić information content (AvgIpc) is 3.55. The standard InChI is InChI=1S/C45H54FN9O11/c1-27-31(24-49-26-33(27)47)30-22-28-23-36(52-25-32(28)42(48)41(30)46)53-38(57)7-3-6-37(56)51-11-13-63-15-17-65-19-21-66-20-18-64-16-14-62-12-10-50-34-5-2-4-29-40(34)45(61)55(44(29)60)35-8-9-39(58)54-43(35)59/h2,4-5,22-26,35,50H,3,6-21,47-48H2,1H3,(H,51,56)(H,52,53,57)(H,54,58,59). The monoisotopic (exact) mass is 915 g/mol. The molecular weight excluding hydrogens is 862 g/mol. The highest BCUT2D eigenvalue weighted by atomic mass is 19.1. The molecule has 6 rings (SSSR count). The lowest BCUT2D eigenvalue weighted by Crippen LogP contribution is -2.54. The second kappa shape index (κ2) is 24.0. The summed E-state index contributed by atoms with van der Waals surface area (Å²) < 4.78 is 42.8. The number of fused-ring (bicyclic) bond motifs is 2. The molecule has 1 saturated heterocycles. The van der Waals surface area contributed by atoms with Gasteiger partial charge in [-0.2, -0.15) is 0 Å². The number of carbonyl (C=O) groups excluding carboxylic acids is 6. The van der Waals surface area contributed by atoms with Crippen LogP contribution in [0.1, 0.15) is 58.4 Å². The molecule has 352 valence electrons. The molecule has 4 aromatic rings. The van der Waals surface area contributed by atoms with Crippen molar-refractivity contribution >= 4 is 69.1 Å². The van der Waals surface area contributed by atoms with Gasteiger partial charge >= 0.3 is 0 Å². The molecule has 20 nitrogen and oxygen atoms in total. The Kier molecular flexibility index (Phi) is 17.8. The average molecular weight is 916 g/mol. The van der Waals surface area contributed by atoms with Crippen LogP contribution >= 0.6 is 0 Å². The van der Waals surface area contributed by atoms with Gasteiger partial charge in [-0.3, -0.25) is 44.0 Å². The highest BCUT2D eigenvalue weighted by Crippen LogP contribution is 2.36. The number of rotatable bonds is 26. The minimum atomic E-state index is -1.03. The van der Waals surface area contributed by atoms with Crippen molar-refractivity contribution in [3.05, 3.63) is 71.4 Å². The number of aromatic nitrogens is 2. The zero-order valence-corrected chi connectivity index (χ0v) is 36.6. The molecule has 0 saturated carbocycles. The summed E-state index contributed by atoms with van der Waals surface area (Å²) >= 11 is 0. The molecule has 6 amide bonds. The number of halogens is 1. The number of pyridine rings is 2. The fraction of sp³-hybridized carbons (Fsp3) is 0.422. The fourth-order valence-corrected chi connectivity index (χ4v) is 7.24. The van der Waals surface area contributed by atoms with Crippen molar-refractivity contribution in [1.29, 1.82) is 0 Å². The number of hydrogen-bond donors (Lipinski definition) is 6. The smallest absolute Gasteiger partial charge is 0.264 e. The first kappa shape index (κ1) is 48.8. The Balaban J connectivity index is 0.722. The summed E-state index contributed by atoms with van der Waals surface area (Å²) in [7, 11) is 0. The number of piperidine rings is 1. The van der Waals surface area contributed by atoms with Crippen LogP contribution in [0.15, 0.2) is 48.9 Å². The third-order valence-corrected chi connectivity index (χ3v) is 10.7. The Hall–Kier alpha value is -6.65. The molecule has 2 aromatic heterocycles. The molecule has 0 aliphatic carbocycles. The normalized spacial score (nSPS) is 14.7. The SMILES string of the molecule is Cc1c(N)cncc1-c1cc2cc(NC(=O)CCCC(=O)NCCOCCOCCOCCOCCOCCNc3cccc4c3C(=O)N(C3CCC(=O)NC3=O)C4=O)ncc2c(N)c1F. The molecule has 2 aliphatic heterocycles. The van der Waals surface area contributed by atoms with Gasteiger partial charge in [0.2, 0.25) is 23.6 Å². The second-order valence-electron chi connectivity index (χ2n) is 15.3. The van der Waals surface area contributed by atoms with Crippen LogP contribution in [0.25, 0.3) is 21.9 Å². The number of anilines is 4.